The third-order valence-corrected chi connectivity index (χ3v) is 5.94. The van der Waals surface area contributed by atoms with E-state index in [-0.39, 0.29) is 5.91 Å². The molecule has 0 spiro atoms. The lowest BCUT2D eigenvalue weighted by atomic mass is 10.1. The normalized spacial score (nSPS) is 15.3. The Balaban J connectivity index is 1.33. The van der Waals surface area contributed by atoms with Crippen molar-refractivity contribution in [2.24, 2.45) is 0 Å². The molecule has 5 rings (SSSR count). The van der Waals surface area contributed by atoms with E-state index in [4.69, 9.17) is 4.98 Å². The van der Waals surface area contributed by atoms with Crippen LogP contribution in [0.15, 0.2) is 67.3 Å². The average molecular weight is 511 g/mol. The monoisotopic (exact) mass is 510 g/mol. The van der Waals surface area contributed by atoms with Gasteiger partial charge in [-0.1, -0.05) is 6.08 Å². The van der Waals surface area contributed by atoms with Gasteiger partial charge in [0, 0.05) is 54.9 Å². The topological polar surface area (TPSA) is 133 Å². The first kappa shape index (κ1) is 25.2. The molecule has 1 atom stereocenters. The van der Waals surface area contributed by atoms with E-state index in [1.807, 2.05) is 43.3 Å². The van der Waals surface area contributed by atoms with Crippen LogP contribution in [0.4, 0.5) is 23.1 Å². The first-order chi connectivity index (χ1) is 18.5. The van der Waals surface area contributed by atoms with E-state index in [0.717, 1.165) is 36.4 Å². The van der Waals surface area contributed by atoms with Crippen LogP contribution in [0, 0.1) is 0 Å². The van der Waals surface area contributed by atoms with Crippen LogP contribution in [-0.2, 0) is 4.79 Å². The summed E-state index contributed by atoms with van der Waals surface area (Å²) >= 11 is 0. The molecule has 0 bridgehead atoms. The molecular weight excluding hydrogens is 480 g/mol. The van der Waals surface area contributed by atoms with Crippen LogP contribution in [0.1, 0.15) is 6.42 Å². The van der Waals surface area contributed by atoms with E-state index in [1.165, 1.54) is 6.08 Å². The molecule has 4 aromatic heterocycles. The van der Waals surface area contributed by atoms with Gasteiger partial charge in [0.05, 0.1) is 17.6 Å². The van der Waals surface area contributed by atoms with Gasteiger partial charge in [0.1, 0.15) is 17.0 Å². The largest absolute Gasteiger partial charge is 0.366 e. The molecule has 194 valence electrons. The van der Waals surface area contributed by atoms with Crippen LogP contribution >= 0.6 is 0 Å². The quantitative estimate of drug-likeness (QED) is 0.249. The van der Waals surface area contributed by atoms with Gasteiger partial charge in [-0.15, -0.1) is 0 Å². The van der Waals surface area contributed by atoms with Gasteiger partial charge in [-0.2, -0.15) is 0 Å². The molecule has 0 saturated carbocycles. The van der Waals surface area contributed by atoms with Gasteiger partial charge in [-0.25, -0.2) is 15.0 Å². The Labute approximate surface area is 220 Å². The van der Waals surface area contributed by atoms with Crippen LogP contribution in [0.3, 0.4) is 0 Å². The van der Waals surface area contributed by atoms with Crippen LogP contribution < -0.4 is 21.3 Å². The summed E-state index contributed by atoms with van der Waals surface area (Å²) < 4.78 is 0. The first-order valence-corrected chi connectivity index (χ1v) is 12.4. The minimum atomic E-state index is -0.210. The van der Waals surface area contributed by atoms with E-state index in [0.29, 0.717) is 41.1 Å². The fraction of sp³-hybridized carbons (Fsp3) is 0.259. The fourth-order valence-corrected chi connectivity index (χ4v) is 4.07. The maximum Gasteiger partial charge on any atom is 0.248 e. The average Bonchev–Trinajstić information content (AvgIpc) is 3.42. The molecule has 1 unspecified atom stereocenters. The lowest BCUT2D eigenvalue weighted by molar-refractivity contribution is -0.111. The van der Waals surface area contributed by atoms with E-state index >= 15 is 0 Å². The van der Waals surface area contributed by atoms with Crippen molar-refractivity contribution in [3.05, 3.63) is 67.3 Å². The molecule has 1 aliphatic heterocycles. The molecule has 11 nitrogen and oxygen atoms in total. The summed E-state index contributed by atoms with van der Waals surface area (Å²) in [7, 11) is 3.89. The number of carbonyl (C=O) groups excluding carboxylic acids is 1. The van der Waals surface area contributed by atoms with Crippen molar-refractivity contribution < 1.29 is 4.79 Å². The molecule has 5 heterocycles. The number of rotatable bonds is 9. The molecule has 4 N–H and O–H groups in total. The van der Waals surface area contributed by atoms with Gasteiger partial charge in [0.2, 0.25) is 11.9 Å². The molecule has 38 heavy (non-hydrogen) atoms. The number of pyridine rings is 3. The molecule has 11 heteroatoms. The van der Waals surface area contributed by atoms with Crippen molar-refractivity contribution in [3.63, 3.8) is 0 Å². The van der Waals surface area contributed by atoms with Crippen molar-refractivity contribution in [2.75, 3.05) is 49.7 Å². The number of nitrogens with one attached hydrogen (secondary N) is 4. The first-order valence-electron chi connectivity index (χ1n) is 12.4. The summed E-state index contributed by atoms with van der Waals surface area (Å²) in [6, 6.07) is 9.65. The smallest absolute Gasteiger partial charge is 0.248 e. The number of anilines is 4. The van der Waals surface area contributed by atoms with Crippen molar-refractivity contribution >= 4 is 40.0 Å². The number of fused-ring (bicyclic) bond motifs is 1. The summed E-state index contributed by atoms with van der Waals surface area (Å²) in [6.07, 6.45) is 11.2. The third-order valence-electron chi connectivity index (χ3n) is 5.94. The van der Waals surface area contributed by atoms with Gasteiger partial charge >= 0.3 is 0 Å². The Morgan fingerprint density at radius 3 is 2.76 bits per heavy atom. The van der Waals surface area contributed by atoms with Crippen molar-refractivity contribution in [1.82, 2.24) is 35.1 Å². The van der Waals surface area contributed by atoms with Crippen molar-refractivity contribution in [1.29, 1.82) is 0 Å². The maximum absolute atomic E-state index is 12.3. The summed E-state index contributed by atoms with van der Waals surface area (Å²) in [5, 5.41) is 13.7. The molecular formula is C27H30N10O. The van der Waals surface area contributed by atoms with Crippen molar-refractivity contribution in [3.8, 4) is 11.4 Å². The minimum Gasteiger partial charge on any atom is -0.366 e. The predicted octanol–water partition coefficient (Wildman–Crippen LogP) is 3.06. The highest BCUT2D eigenvalue weighted by molar-refractivity contribution is 6.00. The van der Waals surface area contributed by atoms with Crippen LogP contribution in [0.2, 0.25) is 0 Å². The van der Waals surface area contributed by atoms with Crippen molar-refractivity contribution in [2.45, 2.75) is 12.5 Å². The lowest BCUT2D eigenvalue weighted by Crippen LogP contribution is -2.22. The predicted molar refractivity (Wildman–Crippen MR) is 149 cm³/mol. The Bertz CT molecular complexity index is 1430. The number of hydrogen-bond donors (Lipinski definition) is 4. The van der Waals surface area contributed by atoms with Crippen LogP contribution in [0.25, 0.3) is 22.3 Å². The number of hydrogen-bond acceptors (Lipinski definition) is 10. The highest BCUT2D eigenvalue weighted by Gasteiger charge is 2.15. The molecule has 0 aliphatic carbocycles. The highest BCUT2D eigenvalue weighted by Crippen LogP contribution is 2.26. The summed E-state index contributed by atoms with van der Waals surface area (Å²) in [6.45, 7) is 2.65. The molecule has 4 aromatic rings. The second kappa shape index (κ2) is 11.7. The number of aromatic nitrogens is 5. The fourth-order valence-electron chi connectivity index (χ4n) is 4.07. The van der Waals surface area contributed by atoms with Gasteiger partial charge in [-0.3, -0.25) is 14.8 Å². The molecule has 0 radical (unpaired) electrons. The number of likely N-dealkylation sites (N-methyl/N-ethyl adjacent to an activating group) is 1. The number of amides is 1. The van der Waals surface area contributed by atoms with Crippen LogP contribution in [-0.4, -0.2) is 75.5 Å². The third kappa shape index (κ3) is 6.44. The molecule has 1 fully saturated rings. The highest BCUT2D eigenvalue weighted by atomic mass is 16.1. The van der Waals surface area contributed by atoms with E-state index in [9.17, 15) is 4.79 Å². The summed E-state index contributed by atoms with van der Waals surface area (Å²) in [5.74, 6) is 1.05. The van der Waals surface area contributed by atoms with Gasteiger partial charge in [-0.05, 0) is 57.4 Å². The zero-order chi connectivity index (χ0) is 26.3. The zero-order valence-electron chi connectivity index (χ0n) is 21.3. The Kier molecular flexibility index (Phi) is 7.76. The molecule has 1 amide bonds. The van der Waals surface area contributed by atoms with E-state index in [2.05, 4.69) is 41.2 Å². The molecule has 1 aliphatic rings. The standard InChI is InChI=1S/C27H30N10O/c1-37(2)13-3-4-24(38)34-19-9-12-29-22(14-19)26-25-18(7-11-30-26)15-32-27(36-25)35-20-5-6-23(31-17-20)33-21-8-10-28-16-21/h3-7,9,11-12,14-15,17,21,28H,8,10,13,16H2,1-2H3,(H,31,33)(H,29,34,38)(H,32,35,36). The lowest BCUT2D eigenvalue weighted by Gasteiger charge is -2.12. The number of nitrogens with zero attached hydrogens (tertiary/aromatic N) is 6. The zero-order valence-corrected chi connectivity index (χ0v) is 21.3. The molecule has 1 saturated heterocycles. The maximum atomic E-state index is 12.3. The van der Waals surface area contributed by atoms with E-state index < -0.39 is 0 Å². The molecule has 0 aromatic carbocycles. The van der Waals surface area contributed by atoms with E-state index in [1.54, 1.807) is 36.9 Å². The second-order valence-corrected chi connectivity index (χ2v) is 9.27. The van der Waals surface area contributed by atoms with Crippen LogP contribution in [0.5, 0.6) is 0 Å². The Morgan fingerprint density at radius 2 is 1.97 bits per heavy atom. The summed E-state index contributed by atoms with van der Waals surface area (Å²) in [5.41, 5.74) is 3.22. The van der Waals surface area contributed by atoms with Gasteiger partial charge in [0.25, 0.3) is 0 Å². The van der Waals surface area contributed by atoms with Gasteiger partial charge < -0.3 is 26.2 Å². The summed E-state index contributed by atoms with van der Waals surface area (Å²) in [4.78, 5) is 37.0. The number of carbonyl (C=O) groups is 1. The SMILES string of the molecule is CN(C)CC=CC(=O)Nc1ccnc(-c2nccc3cnc(Nc4ccc(NC5CCNC5)nc4)nc23)c1. The second-order valence-electron chi connectivity index (χ2n) is 9.27. The Morgan fingerprint density at radius 1 is 1.08 bits per heavy atom. The Hall–Kier alpha value is -4.48. The minimum absolute atomic E-state index is 0.210. The van der Waals surface area contributed by atoms with Gasteiger partial charge in [0.15, 0.2) is 0 Å².